The smallest absolute Gasteiger partial charge is 0.387 e. The van der Waals surface area contributed by atoms with Crippen LogP contribution in [-0.4, -0.2) is 17.2 Å². The summed E-state index contributed by atoms with van der Waals surface area (Å²) in [5.74, 6) is -5.24. The lowest BCUT2D eigenvalue weighted by atomic mass is 10.0. The first-order chi connectivity index (χ1) is 7.70. The van der Waals surface area contributed by atoms with Crippen molar-refractivity contribution in [3.05, 3.63) is 35.4 Å². The molecular weight excluding hydrogens is 267 g/mol. The Morgan fingerprint density at radius 3 is 2.24 bits per heavy atom. The molecule has 0 heterocycles. The molecule has 17 heavy (non-hydrogen) atoms. The van der Waals surface area contributed by atoms with Gasteiger partial charge in [0.1, 0.15) is 0 Å². The molecule has 0 radical (unpaired) electrons. The fraction of sp³-hybridized carbons (Fsp3) is 0.400. The molecule has 96 valence electrons. The molecule has 0 saturated heterocycles. The molecule has 0 amide bonds. The Bertz CT molecular complexity index is 391. The maximum Gasteiger partial charge on any atom is 0.458 e. The molecule has 0 aromatic heterocycles. The molecule has 1 aromatic carbocycles. The average Bonchev–Trinajstić information content (AvgIpc) is 2.26. The third-order valence-corrected chi connectivity index (χ3v) is 2.43. The summed E-state index contributed by atoms with van der Waals surface area (Å²) < 4.78 is 62.2. The summed E-state index contributed by atoms with van der Waals surface area (Å²) in [7, 11) is 0. The van der Waals surface area contributed by atoms with Gasteiger partial charge in [0.2, 0.25) is 0 Å². The minimum absolute atomic E-state index is 0.0820. The van der Waals surface area contributed by atoms with Gasteiger partial charge in [-0.2, -0.15) is 22.0 Å². The summed E-state index contributed by atoms with van der Waals surface area (Å²) in [6, 6.07) is 3.49. The molecule has 1 N–H and O–H groups in total. The van der Waals surface area contributed by atoms with Crippen molar-refractivity contribution in [2.24, 2.45) is 0 Å². The van der Waals surface area contributed by atoms with Gasteiger partial charge in [-0.1, -0.05) is 18.2 Å². The Labute approximate surface area is 98.8 Å². The molecule has 0 fully saturated rings. The van der Waals surface area contributed by atoms with Gasteiger partial charge in [0.25, 0.3) is 0 Å². The zero-order valence-corrected chi connectivity index (χ0v) is 9.06. The Hall–Kier alpha value is -0.880. The van der Waals surface area contributed by atoms with E-state index in [0.717, 1.165) is 6.07 Å². The normalized spacial score (nSPS) is 14.8. The molecule has 1 rings (SSSR count). The van der Waals surface area contributed by atoms with E-state index in [0.29, 0.717) is 12.1 Å². The number of benzene rings is 1. The summed E-state index contributed by atoms with van der Waals surface area (Å²) >= 11 is 5.28. The van der Waals surface area contributed by atoms with Gasteiger partial charge in [0.15, 0.2) is 0 Å². The lowest BCUT2D eigenvalue weighted by molar-refractivity contribution is -0.289. The molecule has 0 aliphatic heterocycles. The predicted molar refractivity (Wildman–Crippen MR) is 52.1 cm³/mol. The first-order valence-corrected chi connectivity index (χ1v) is 5.02. The number of halogens is 6. The fourth-order valence-electron chi connectivity index (χ4n) is 1.19. The van der Waals surface area contributed by atoms with Crippen molar-refractivity contribution in [2.75, 3.05) is 5.88 Å². The maximum atomic E-state index is 13.0. The first-order valence-electron chi connectivity index (χ1n) is 4.49. The molecule has 0 spiro atoms. The van der Waals surface area contributed by atoms with E-state index in [4.69, 9.17) is 11.6 Å². The van der Waals surface area contributed by atoms with Crippen LogP contribution in [0, 0.1) is 0 Å². The third-order valence-electron chi connectivity index (χ3n) is 2.14. The van der Waals surface area contributed by atoms with E-state index in [1.165, 1.54) is 6.07 Å². The molecule has 7 heteroatoms. The highest BCUT2D eigenvalue weighted by Crippen LogP contribution is 2.44. The van der Waals surface area contributed by atoms with Gasteiger partial charge < -0.3 is 5.11 Å². The van der Waals surface area contributed by atoms with Crippen LogP contribution in [0.2, 0.25) is 0 Å². The van der Waals surface area contributed by atoms with Gasteiger partial charge in [0, 0.05) is 5.56 Å². The molecule has 1 unspecified atom stereocenters. The summed E-state index contributed by atoms with van der Waals surface area (Å²) in [5, 5.41) is 9.26. The van der Waals surface area contributed by atoms with Crippen molar-refractivity contribution in [3.63, 3.8) is 0 Å². The fourth-order valence-corrected chi connectivity index (χ4v) is 1.37. The van der Waals surface area contributed by atoms with E-state index in [9.17, 15) is 27.1 Å². The van der Waals surface area contributed by atoms with Crippen LogP contribution in [-0.2, 0) is 5.92 Å². The van der Waals surface area contributed by atoms with Crippen LogP contribution >= 0.6 is 11.6 Å². The minimum Gasteiger partial charge on any atom is -0.387 e. The quantitative estimate of drug-likeness (QED) is 0.659. The van der Waals surface area contributed by atoms with Crippen LogP contribution in [0.15, 0.2) is 24.3 Å². The number of alkyl halides is 6. The lowest BCUT2D eigenvalue weighted by Gasteiger charge is -2.20. The Balaban J connectivity index is 3.16. The van der Waals surface area contributed by atoms with Crippen molar-refractivity contribution < 1.29 is 27.1 Å². The second-order valence-corrected chi connectivity index (χ2v) is 3.68. The van der Waals surface area contributed by atoms with Crippen LogP contribution in [0.3, 0.4) is 0 Å². The first kappa shape index (κ1) is 14.2. The topological polar surface area (TPSA) is 20.2 Å². The summed E-state index contributed by atoms with van der Waals surface area (Å²) in [5.41, 5.74) is -1.30. The van der Waals surface area contributed by atoms with Gasteiger partial charge in [-0.15, -0.1) is 11.6 Å². The van der Waals surface area contributed by atoms with E-state index in [1.807, 2.05) is 0 Å². The Morgan fingerprint density at radius 2 is 1.76 bits per heavy atom. The van der Waals surface area contributed by atoms with Crippen LogP contribution < -0.4 is 0 Å². The average molecular weight is 275 g/mol. The van der Waals surface area contributed by atoms with Crippen LogP contribution in [0.5, 0.6) is 0 Å². The van der Waals surface area contributed by atoms with Crippen LogP contribution in [0.25, 0.3) is 0 Å². The standard InChI is InChI=1S/C10H8ClF5O/c11-5-8(17)6-2-1-3-7(4-6)9(12,13)10(14,15)16/h1-4,8,17H,5H2. The minimum atomic E-state index is -5.67. The van der Waals surface area contributed by atoms with E-state index >= 15 is 0 Å². The highest BCUT2D eigenvalue weighted by atomic mass is 35.5. The van der Waals surface area contributed by atoms with Crippen molar-refractivity contribution in [1.29, 1.82) is 0 Å². The van der Waals surface area contributed by atoms with Crippen LogP contribution in [0.1, 0.15) is 17.2 Å². The molecular formula is C10H8ClF5O. The van der Waals surface area contributed by atoms with E-state index < -0.39 is 23.8 Å². The SMILES string of the molecule is OC(CCl)c1cccc(C(F)(F)C(F)(F)F)c1. The van der Waals surface area contributed by atoms with Crippen LogP contribution in [0.4, 0.5) is 22.0 Å². The monoisotopic (exact) mass is 274 g/mol. The number of hydrogen-bond donors (Lipinski definition) is 1. The highest BCUT2D eigenvalue weighted by molar-refractivity contribution is 6.18. The zero-order chi connectivity index (χ0) is 13.3. The van der Waals surface area contributed by atoms with Crippen molar-refractivity contribution in [3.8, 4) is 0 Å². The Kier molecular flexibility index (Phi) is 3.99. The summed E-state index contributed by atoms with van der Waals surface area (Å²) in [6.07, 6.45) is -6.95. The number of aliphatic hydroxyl groups excluding tert-OH is 1. The second-order valence-electron chi connectivity index (χ2n) is 3.37. The predicted octanol–water partition coefficient (Wildman–Crippen LogP) is 3.61. The molecule has 1 atom stereocenters. The van der Waals surface area contributed by atoms with Gasteiger partial charge >= 0.3 is 12.1 Å². The molecule has 0 aliphatic rings. The highest BCUT2D eigenvalue weighted by Gasteiger charge is 2.58. The largest absolute Gasteiger partial charge is 0.458 e. The van der Waals surface area contributed by atoms with Crippen molar-refractivity contribution in [1.82, 2.24) is 0 Å². The molecule has 0 aliphatic carbocycles. The van der Waals surface area contributed by atoms with Gasteiger partial charge in [-0.3, -0.25) is 0 Å². The zero-order valence-electron chi connectivity index (χ0n) is 8.31. The number of aliphatic hydroxyl groups is 1. The lowest BCUT2D eigenvalue weighted by Crippen LogP contribution is -2.33. The van der Waals surface area contributed by atoms with E-state index in [1.54, 1.807) is 0 Å². The maximum absolute atomic E-state index is 13.0. The molecule has 0 saturated carbocycles. The van der Waals surface area contributed by atoms with Gasteiger partial charge in [-0.05, 0) is 11.6 Å². The summed E-state index contributed by atoms with van der Waals surface area (Å²) in [4.78, 5) is 0. The molecule has 0 bridgehead atoms. The molecule has 1 aromatic rings. The number of hydrogen-bond acceptors (Lipinski definition) is 1. The van der Waals surface area contributed by atoms with Gasteiger partial charge in [0.05, 0.1) is 12.0 Å². The molecule has 1 nitrogen and oxygen atoms in total. The second kappa shape index (κ2) is 4.78. The van der Waals surface area contributed by atoms with Crippen molar-refractivity contribution >= 4 is 11.6 Å². The summed E-state index contributed by atoms with van der Waals surface area (Å²) in [6.45, 7) is 0. The van der Waals surface area contributed by atoms with Crippen molar-refractivity contribution in [2.45, 2.75) is 18.2 Å². The number of rotatable bonds is 3. The third kappa shape index (κ3) is 2.87. The van der Waals surface area contributed by atoms with E-state index in [2.05, 4.69) is 0 Å². The van der Waals surface area contributed by atoms with E-state index in [-0.39, 0.29) is 11.4 Å². The van der Waals surface area contributed by atoms with Gasteiger partial charge in [-0.25, -0.2) is 0 Å². The Morgan fingerprint density at radius 1 is 1.18 bits per heavy atom.